The Morgan fingerprint density at radius 1 is 1.04 bits per heavy atom. The summed E-state index contributed by atoms with van der Waals surface area (Å²) in [6, 6.07) is 19.3. The molecule has 2 aromatic heterocycles. The van der Waals surface area contributed by atoms with Gasteiger partial charge in [-0.05, 0) is 29.8 Å². The number of nitrogens with one attached hydrogen (secondary N) is 1. The molecule has 0 aliphatic rings. The number of hydrogen-bond acceptors (Lipinski definition) is 5. The minimum Gasteiger partial charge on any atom is -0.464 e. The fraction of sp³-hybridized carbons (Fsp3) is 0.0909. The highest BCUT2D eigenvalue weighted by atomic mass is 16.4. The molecular weight excluding hydrogens is 358 g/mol. The van der Waals surface area contributed by atoms with Gasteiger partial charge in [0.25, 0.3) is 5.91 Å². The number of carbonyl (C=O) groups excluding carboxylic acids is 1. The summed E-state index contributed by atoms with van der Waals surface area (Å²) in [5.41, 5.74) is 1.13. The van der Waals surface area contributed by atoms with Crippen LogP contribution in [0.1, 0.15) is 22.0 Å². The summed E-state index contributed by atoms with van der Waals surface area (Å²) in [4.78, 5) is 24.4. The fourth-order valence-corrected chi connectivity index (χ4v) is 2.94. The van der Waals surface area contributed by atoms with E-state index in [1.54, 1.807) is 48.7 Å². The van der Waals surface area contributed by atoms with Gasteiger partial charge in [-0.3, -0.25) is 4.79 Å². The van der Waals surface area contributed by atoms with Crippen molar-refractivity contribution in [3.63, 3.8) is 0 Å². The predicted octanol–water partition coefficient (Wildman–Crippen LogP) is 3.52. The van der Waals surface area contributed by atoms with Gasteiger partial charge < -0.3 is 19.3 Å². The lowest BCUT2D eigenvalue weighted by Crippen LogP contribution is -2.31. The Morgan fingerprint density at radius 2 is 1.82 bits per heavy atom. The molecule has 28 heavy (non-hydrogen) atoms. The minimum absolute atomic E-state index is 0.0365. The third kappa shape index (κ3) is 3.58. The molecule has 6 nitrogen and oxygen atoms in total. The monoisotopic (exact) mass is 375 g/mol. The van der Waals surface area contributed by atoms with Crippen molar-refractivity contribution in [1.29, 1.82) is 0 Å². The van der Waals surface area contributed by atoms with Crippen LogP contribution in [-0.2, 0) is 0 Å². The normalized spacial score (nSPS) is 12.0. The van der Waals surface area contributed by atoms with Crippen molar-refractivity contribution in [2.75, 3.05) is 6.54 Å². The first-order valence-electron chi connectivity index (χ1n) is 8.75. The van der Waals surface area contributed by atoms with Crippen LogP contribution in [0.2, 0.25) is 0 Å². The average Bonchev–Trinajstić information content (AvgIpc) is 3.26. The van der Waals surface area contributed by atoms with Crippen molar-refractivity contribution < 1.29 is 18.7 Å². The zero-order valence-corrected chi connectivity index (χ0v) is 14.8. The summed E-state index contributed by atoms with van der Waals surface area (Å²) in [6.45, 7) is -0.0365. The van der Waals surface area contributed by atoms with E-state index in [4.69, 9.17) is 8.83 Å². The van der Waals surface area contributed by atoms with E-state index in [-0.39, 0.29) is 12.1 Å². The first-order chi connectivity index (χ1) is 13.6. The van der Waals surface area contributed by atoms with Crippen molar-refractivity contribution in [3.05, 3.63) is 94.5 Å². The second-order valence-corrected chi connectivity index (χ2v) is 6.31. The SMILES string of the molecule is O=C(NCC(O)c1ccc(-c2ccco2)cc1)c1cc2ccccc2oc1=O. The summed E-state index contributed by atoms with van der Waals surface area (Å²) in [5.74, 6) is 0.142. The number of amides is 1. The van der Waals surface area contributed by atoms with E-state index in [1.807, 2.05) is 18.2 Å². The molecule has 140 valence electrons. The largest absolute Gasteiger partial charge is 0.464 e. The van der Waals surface area contributed by atoms with Crippen LogP contribution < -0.4 is 10.9 Å². The lowest BCUT2D eigenvalue weighted by Gasteiger charge is -2.12. The molecule has 1 unspecified atom stereocenters. The number of aliphatic hydroxyl groups excluding tert-OH is 1. The molecule has 0 fully saturated rings. The van der Waals surface area contributed by atoms with Gasteiger partial charge in [0.15, 0.2) is 0 Å². The predicted molar refractivity (Wildman–Crippen MR) is 104 cm³/mol. The molecule has 6 heteroatoms. The summed E-state index contributed by atoms with van der Waals surface area (Å²) in [7, 11) is 0. The maximum absolute atomic E-state index is 12.4. The Labute approximate surface area is 160 Å². The summed E-state index contributed by atoms with van der Waals surface area (Å²) >= 11 is 0. The maximum atomic E-state index is 12.4. The summed E-state index contributed by atoms with van der Waals surface area (Å²) in [5, 5.41) is 13.6. The highest BCUT2D eigenvalue weighted by Crippen LogP contribution is 2.22. The highest BCUT2D eigenvalue weighted by molar-refractivity contribution is 5.96. The first kappa shape index (κ1) is 17.8. The molecule has 4 rings (SSSR count). The van der Waals surface area contributed by atoms with Crippen LogP contribution in [0.5, 0.6) is 0 Å². The molecular formula is C22H17NO5. The Kier molecular flexibility index (Phi) is 4.78. The molecule has 2 N–H and O–H groups in total. The van der Waals surface area contributed by atoms with E-state index in [0.717, 1.165) is 11.3 Å². The van der Waals surface area contributed by atoms with Gasteiger partial charge in [0, 0.05) is 17.5 Å². The third-order valence-electron chi connectivity index (χ3n) is 4.44. The van der Waals surface area contributed by atoms with Gasteiger partial charge in [-0.25, -0.2) is 4.79 Å². The Hall–Kier alpha value is -3.64. The Balaban J connectivity index is 1.44. The van der Waals surface area contributed by atoms with Crippen LogP contribution in [0.15, 0.2) is 86.6 Å². The van der Waals surface area contributed by atoms with Crippen molar-refractivity contribution in [1.82, 2.24) is 5.32 Å². The van der Waals surface area contributed by atoms with E-state index in [1.165, 1.54) is 6.07 Å². The molecule has 2 heterocycles. The molecule has 1 atom stereocenters. The smallest absolute Gasteiger partial charge is 0.349 e. The molecule has 0 aliphatic heterocycles. The highest BCUT2D eigenvalue weighted by Gasteiger charge is 2.16. The number of fused-ring (bicyclic) bond motifs is 1. The van der Waals surface area contributed by atoms with Crippen molar-refractivity contribution in [2.24, 2.45) is 0 Å². The van der Waals surface area contributed by atoms with Gasteiger partial charge in [-0.2, -0.15) is 0 Å². The van der Waals surface area contributed by atoms with Gasteiger partial charge in [0.2, 0.25) is 0 Å². The van der Waals surface area contributed by atoms with E-state index in [0.29, 0.717) is 16.5 Å². The molecule has 1 amide bonds. The Bertz CT molecular complexity index is 1160. The molecule has 4 aromatic rings. The van der Waals surface area contributed by atoms with Gasteiger partial charge >= 0.3 is 5.63 Å². The van der Waals surface area contributed by atoms with Gasteiger partial charge in [0.05, 0.1) is 12.4 Å². The summed E-state index contributed by atoms with van der Waals surface area (Å²) in [6.07, 6.45) is 0.679. The van der Waals surface area contributed by atoms with Crippen LogP contribution in [0.25, 0.3) is 22.3 Å². The number of furan rings is 1. The van der Waals surface area contributed by atoms with Crippen molar-refractivity contribution in [3.8, 4) is 11.3 Å². The van der Waals surface area contributed by atoms with E-state index < -0.39 is 17.6 Å². The summed E-state index contributed by atoms with van der Waals surface area (Å²) < 4.78 is 10.5. The zero-order valence-electron chi connectivity index (χ0n) is 14.8. The van der Waals surface area contributed by atoms with Crippen LogP contribution in [0.4, 0.5) is 0 Å². The second-order valence-electron chi connectivity index (χ2n) is 6.31. The van der Waals surface area contributed by atoms with Crippen molar-refractivity contribution >= 4 is 16.9 Å². The third-order valence-corrected chi connectivity index (χ3v) is 4.44. The quantitative estimate of drug-likeness (QED) is 0.521. The Morgan fingerprint density at radius 3 is 2.57 bits per heavy atom. The first-order valence-corrected chi connectivity index (χ1v) is 8.75. The van der Waals surface area contributed by atoms with Gasteiger partial charge in [0.1, 0.15) is 16.9 Å². The molecule has 0 aliphatic carbocycles. The number of hydrogen-bond donors (Lipinski definition) is 2. The van der Waals surface area contributed by atoms with E-state index >= 15 is 0 Å². The van der Waals surface area contributed by atoms with Crippen LogP contribution in [0.3, 0.4) is 0 Å². The van der Waals surface area contributed by atoms with Crippen LogP contribution in [0, 0.1) is 0 Å². The molecule has 0 radical (unpaired) electrons. The van der Waals surface area contributed by atoms with Crippen LogP contribution in [-0.4, -0.2) is 17.6 Å². The molecule has 2 aromatic carbocycles. The molecule has 0 spiro atoms. The molecule has 0 saturated carbocycles. The lowest BCUT2D eigenvalue weighted by molar-refractivity contribution is 0.0913. The van der Waals surface area contributed by atoms with E-state index in [2.05, 4.69) is 5.32 Å². The van der Waals surface area contributed by atoms with Gasteiger partial charge in [-0.15, -0.1) is 0 Å². The second kappa shape index (κ2) is 7.54. The fourth-order valence-electron chi connectivity index (χ4n) is 2.94. The standard InChI is InChI=1S/C22H17NO5/c24-18(14-7-9-15(10-8-14)19-6-3-11-27-19)13-23-21(25)17-12-16-4-1-2-5-20(16)28-22(17)26/h1-12,18,24H,13H2,(H,23,25). The van der Waals surface area contributed by atoms with Crippen molar-refractivity contribution in [2.45, 2.75) is 6.10 Å². The number of para-hydroxylation sites is 1. The number of aliphatic hydroxyl groups is 1. The number of benzene rings is 2. The maximum Gasteiger partial charge on any atom is 0.349 e. The molecule has 0 saturated heterocycles. The molecule has 0 bridgehead atoms. The van der Waals surface area contributed by atoms with Crippen LogP contribution >= 0.6 is 0 Å². The average molecular weight is 375 g/mol. The topological polar surface area (TPSA) is 92.7 Å². The minimum atomic E-state index is -0.915. The van der Waals surface area contributed by atoms with E-state index in [9.17, 15) is 14.7 Å². The lowest BCUT2D eigenvalue weighted by atomic mass is 10.1. The zero-order chi connectivity index (χ0) is 19.5. The van der Waals surface area contributed by atoms with Gasteiger partial charge in [-0.1, -0.05) is 42.5 Å². The number of carbonyl (C=O) groups is 1. The number of rotatable bonds is 5.